The van der Waals surface area contributed by atoms with Crippen molar-refractivity contribution in [1.29, 1.82) is 0 Å². The van der Waals surface area contributed by atoms with Crippen molar-refractivity contribution in [2.24, 2.45) is 4.99 Å². The van der Waals surface area contributed by atoms with Crippen LogP contribution in [-0.4, -0.2) is 18.3 Å². The summed E-state index contributed by atoms with van der Waals surface area (Å²) >= 11 is 12.3. The van der Waals surface area contributed by atoms with Crippen LogP contribution in [0, 0.1) is 11.6 Å². The number of hydrogen-bond donors (Lipinski definition) is 1. The summed E-state index contributed by atoms with van der Waals surface area (Å²) in [6.07, 6.45) is 0. The third-order valence-corrected chi connectivity index (χ3v) is 4.27. The summed E-state index contributed by atoms with van der Waals surface area (Å²) in [4.78, 5) is 4.44. The van der Waals surface area contributed by atoms with E-state index < -0.39 is 11.6 Å². The number of anilines is 1. The second-order valence-electron chi connectivity index (χ2n) is 5.09. The van der Waals surface area contributed by atoms with Crippen LogP contribution in [0.5, 0.6) is 0 Å². The molecule has 2 aromatic rings. The molecule has 1 aliphatic heterocycles. The maximum Gasteiger partial charge on any atom is 0.135 e. The van der Waals surface area contributed by atoms with E-state index in [2.05, 4.69) is 10.3 Å². The van der Waals surface area contributed by atoms with Gasteiger partial charge in [0.05, 0.1) is 27.4 Å². The number of halogens is 4. The average Bonchev–Trinajstić information content (AvgIpc) is 2.63. The maximum absolute atomic E-state index is 14.2. The van der Waals surface area contributed by atoms with Gasteiger partial charge in [0.2, 0.25) is 0 Å². The smallest absolute Gasteiger partial charge is 0.135 e. The molecular formula is C16H12Cl2F2N2. The zero-order valence-electron chi connectivity index (χ0n) is 11.6. The van der Waals surface area contributed by atoms with Crippen molar-refractivity contribution in [1.82, 2.24) is 0 Å². The van der Waals surface area contributed by atoms with Crippen molar-refractivity contribution in [3.05, 3.63) is 63.1 Å². The Morgan fingerprint density at radius 1 is 1.09 bits per heavy atom. The molecule has 1 aliphatic rings. The fourth-order valence-electron chi connectivity index (χ4n) is 2.43. The number of benzodiazepines with no additional fused rings is 1. The highest BCUT2D eigenvalue weighted by atomic mass is 35.5. The Morgan fingerprint density at radius 2 is 1.77 bits per heavy atom. The van der Waals surface area contributed by atoms with Crippen molar-refractivity contribution in [2.75, 3.05) is 11.9 Å². The molecule has 0 saturated heterocycles. The summed E-state index contributed by atoms with van der Waals surface area (Å²) in [6.45, 7) is 2.39. The molecule has 3 rings (SSSR count). The van der Waals surface area contributed by atoms with E-state index >= 15 is 0 Å². The van der Waals surface area contributed by atoms with Gasteiger partial charge in [0, 0.05) is 17.8 Å². The molecule has 1 atom stereocenters. The minimum Gasteiger partial charge on any atom is -0.382 e. The Balaban J connectivity index is 2.33. The van der Waals surface area contributed by atoms with Gasteiger partial charge >= 0.3 is 0 Å². The van der Waals surface area contributed by atoms with Crippen LogP contribution in [0.25, 0.3) is 0 Å². The third-order valence-electron chi connectivity index (χ3n) is 3.47. The molecule has 1 N–H and O–H groups in total. The summed E-state index contributed by atoms with van der Waals surface area (Å²) in [5, 5.41) is 3.71. The number of hydrogen-bond acceptors (Lipinski definition) is 2. The number of aliphatic imine (C=N–C) groups is 1. The highest BCUT2D eigenvalue weighted by Gasteiger charge is 2.26. The quantitative estimate of drug-likeness (QED) is 0.782. The third kappa shape index (κ3) is 2.57. The van der Waals surface area contributed by atoms with Crippen molar-refractivity contribution in [3.8, 4) is 0 Å². The molecule has 0 amide bonds. The normalized spacial score (nSPS) is 17.3. The van der Waals surface area contributed by atoms with Gasteiger partial charge in [0.15, 0.2) is 0 Å². The molecule has 114 valence electrons. The van der Waals surface area contributed by atoms with Gasteiger partial charge in [-0.05, 0) is 31.2 Å². The SMILES string of the molecule is CC1CNc2ccc(Cl)c(Cl)c2C(c2c(F)cccc2F)=N1. The molecule has 1 heterocycles. The number of nitrogens with one attached hydrogen (secondary N) is 1. The zero-order chi connectivity index (χ0) is 15.9. The summed E-state index contributed by atoms with van der Waals surface area (Å²) in [6, 6.07) is 6.91. The second kappa shape index (κ2) is 5.86. The van der Waals surface area contributed by atoms with Gasteiger partial charge in [-0.3, -0.25) is 4.99 Å². The van der Waals surface area contributed by atoms with E-state index in [1.54, 1.807) is 12.1 Å². The van der Waals surface area contributed by atoms with E-state index in [4.69, 9.17) is 23.2 Å². The molecule has 2 nitrogen and oxygen atoms in total. The van der Waals surface area contributed by atoms with Gasteiger partial charge in [-0.2, -0.15) is 0 Å². The highest BCUT2D eigenvalue weighted by Crippen LogP contribution is 2.36. The monoisotopic (exact) mass is 340 g/mol. The van der Waals surface area contributed by atoms with Gasteiger partial charge < -0.3 is 5.32 Å². The van der Waals surface area contributed by atoms with Crippen LogP contribution < -0.4 is 5.32 Å². The topological polar surface area (TPSA) is 24.4 Å². The van der Waals surface area contributed by atoms with Gasteiger partial charge in [0.25, 0.3) is 0 Å². The van der Waals surface area contributed by atoms with Crippen LogP contribution in [0.4, 0.5) is 14.5 Å². The molecular weight excluding hydrogens is 329 g/mol. The fraction of sp³-hybridized carbons (Fsp3) is 0.188. The Hall–Kier alpha value is -1.65. The molecule has 0 fully saturated rings. The van der Waals surface area contributed by atoms with E-state index in [9.17, 15) is 8.78 Å². The predicted molar refractivity (Wildman–Crippen MR) is 86.4 cm³/mol. The minimum absolute atomic E-state index is 0.170. The van der Waals surface area contributed by atoms with E-state index in [1.165, 1.54) is 18.2 Å². The first kappa shape index (κ1) is 15.3. The van der Waals surface area contributed by atoms with E-state index in [0.29, 0.717) is 22.8 Å². The van der Waals surface area contributed by atoms with Crippen LogP contribution in [0.1, 0.15) is 18.1 Å². The van der Waals surface area contributed by atoms with Crippen molar-refractivity contribution in [2.45, 2.75) is 13.0 Å². The first-order chi connectivity index (χ1) is 10.5. The van der Waals surface area contributed by atoms with Crippen molar-refractivity contribution >= 4 is 34.6 Å². The Morgan fingerprint density at radius 3 is 2.45 bits per heavy atom. The molecule has 6 heteroatoms. The molecule has 0 spiro atoms. The summed E-state index contributed by atoms with van der Waals surface area (Å²) < 4.78 is 28.4. The first-order valence-electron chi connectivity index (χ1n) is 6.73. The maximum atomic E-state index is 14.2. The van der Waals surface area contributed by atoms with E-state index in [-0.39, 0.29) is 22.3 Å². The second-order valence-corrected chi connectivity index (χ2v) is 5.87. The van der Waals surface area contributed by atoms with Gasteiger partial charge in [0.1, 0.15) is 11.6 Å². The van der Waals surface area contributed by atoms with Crippen molar-refractivity contribution < 1.29 is 8.78 Å². The first-order valence-corrected chi connectivity index (χ1v) is 7.49. The van der Waals surface area contributed by atoms with Gasteiger partial charge in [-0.1, -0.05) is 29.3 Å². The molecule has 22 heavy (non-hydrogen) atoms. The Labute approximate surface area is 136 Å². The molecule has 0 bridgehead atoms. The lowest BCUT2D eigenvalue weighted by Gasteiger charge is -2.14. The van der Waals surface area contributed by atoms with Crippen LogP contribution >= 0.6 is 23.2 Å². The largest absolute Gasteiger partial charge is 0.382 e. The fourth-order valence-corrected chi connectivity index (χ4v) is 2.84. The van der Waals surface area contributed by atoms with E-state index in [0.717, 1.165) is 0 Å². The lowest BCUT2D eigenvalue weighted by molar-refractivity contribution is 0.578. The summed E-state index contributed by atoms with van der Waals surface area (Å²) in [7, 11) is 0. The van der Waals surface area contributed by atoms with Crippen LogP contribution in [0.2, 0.25) is 10.0 Å². The highest BCUT2D eigenvalue weighted by molar-refractivity contribution is 6.45. The number of benzene rings is 2. The van der Waals surface area contributed by atoms with Gasteiger partial charge in [-0.15, -0.1) is 0 Å². The summed E-state index contributed by atoms with van der Waals surface area (Å²) in [5.74, 6) is -1.37. The molecule has 0 aliphatic carbocycles. The number of nitrogens with zero attached hydrogens (tertiary/aromatic N) is 1. The summed E-state index contributed by atoms with van der Waals surface area (Å²) in [5.41, 5.74) is 1.06. The van der Waals surface area contributed by atoms with Crippen LogP contribution in [0.15, 0.2) is 35.3 Å². The molecule has 0 aromatic heterocycles. The minimum atomic E-state index is -0.685. The number of fused-ring (bicyclic) bond motifs is 1. The average molecular weight is 341 g/mol. The van der Waals surface area contributed by atoms with Crippen LogP contribution in [-0.2, 0) is 0 Å². The predicted octanol–water partition coefficient (Wildman–Crippen LogP) is 4.92. The standard InChI is InChI=1S/C16H12Cl2F2N2/c1-8-7-21-12-6-5-9(17)15(18)14(12)16(22-8)13-10(19)3-2-4-11(13)20/h2-6,8,21H,7H2,1H3. The lowest BCUT2D eigenvalue weighted by Crippen LogP contribution is -2.13. The number of rotatable bonds is 1. The molecule has 0 saturated carbocycles. The molecule has 0 radical (unpaired) electrons. The van der Waals surface area contributed by atoms with Crippen LogP contribution in [0.3, 0.4) is 0 Å². The Kier molecular flexibility index (Phi) is 4.06. The van der Waals surface area contributed by atoms with Crippen molar-refractivity contribution in [3.63, 3.8) is 0 Å². The van der Waals surface area contributed by atoms with Gasteiger partial charge in [-0.25, -0.2) is 8.78 Å². The zero-order valence-corrected chi connectivity index (χ0v) is 13.1. The Bertz CT molecular complexity index is 755. The van der Waals surface area contributed by atoms with E-state index in [1.807, 2.05) is 6.92 Å². The lowest BCUT2D eigenvalue weighted by atomic mass is 9.99. The molecule has 1 unspecified atom stereocenters. The molecule has 2 aromatic carbocycles.